The lowest BCUT2D eigenvalue weighted by molar-refractivity contribution is -0.119. The number of fused-ring (bicyclic) bond motifs is 1. The van der Waals surface area contributed by atoms with E-state index in [0.29, 0.717) is 17.9 Å². The normalized spacial score (nSPS) is 16.5. The summed E-state index contributed by atoms with van der Waals surface area (Å²) >= 11 is 0. The maximum absolute atomic E-state index is 13.1. The van der Waals surface area contributed by atoms with Gasteiger partial charge in [-0.25, -0.2) is 0 Å². The van der Waals surface area contributed by atoms with Crippen molar-refractivity contribution in [1.82, 2.24) is 9.97 Å². The highest BCUT2D eigenvalue weighted by atomic mass is 16.5. The summed E-state index contributed by atoms with van der Waals surface area (Å²) in [5.74, 6) is -1.38. The fourth-order valence-corrected chi connectivity index (χ4v) is 4.10. The quantitative estimate of drug-likeness (QED) is 0.392. The molecule has 0 radical (unpaired) electrons. The molecule has 1 aromatic heterocycles. The molecule has 0 spiro atoms. The SMILES string of the molecule is N#C[C@@H]1C(=O)Nc2nc(Nc3ccccc3)[nH]c(=O)c2[C@@H]1c1ccc(OCc2ccccc2)cc1. The van der Waals surface area contributed by atoms with Crippen LogP contribution in [-0.4, -0.2) is 15.9 Å². The number of benzene rings is 3. The van der Waals surface area contributed by atoms with Crippen LogP contribution in [0.4, 0.5) is 17.5 Å². The number of anilines is 3. The van der Waals surface area contributed by atoms with Crippen molar-refractivity contribution in [2.75, 3.05) is 10.6 Å². The third-order valence-corrected chi connectivity index (χ3v) is 5.79. The van der Waals surface area contributed by atoms with Crippen LogP contribution >= 0.6 is 0 Å². The van der Waals surface area contributed by atoms with Crippen molar-refractivity contribution in [2.24, 2.45) is 5.92 Å². The number of rotatable bonds is 6. The van der Waals surface area contributed by atoms with E-state index in [-0.39, 0.29) is 17.3 Å². The Balaban J connectivity index is 1.45. The molecule has 0 aliphatic carbocycles. The number of aromatic nitrogens is 2. The molecule has 0 fully saturated rings. The highest BCUT2D eigenvalue weighted by Gasteiger charge is 2.40. The molecular weight excluding hydrogens is 442 g/mol. The molecule has 3 N–H and O–H groups in total. The Kier molecular flexibility index (Phi) is 5.97. The predicted octanol–water partition coefficient (Wildman–Crippen LogP) is 4.32. The molecule has 1 aliphatic rings. The number of hydrogen-bond acceptors (Lipinski definition) is 6. The zero-order valence-electron chi connectivity index (χ0n) is 18.6. The van der Waals surface area contributed by atoms with E-state index < -0.39 is 23.3 Å². The van der Waals surface area contributed by atoms with Crippen LogP contribution < -0.4 is 20.9 Å². The van der Waals surface area contributed by atoms with Crippen LogP contribution in [0, 0.1) is 17.2 Å². The highest BCUT2D eigenvalue weighted by Crippen LogP contribution is 2.38. The number of H-pyrrole nitrogens is 1. The number of amides is 1. The number of para-hydroxylation sites is 1. The molecule has 1 aliphatic heterocycles. The Morgan fingerprint density at radius 2 is 1.63 bits per heavy atom. The van der Waals surface area contributed by atoms with Crippen LogP contribution in [0.3, 0.4) is 0 Å². The molecule has 0 unspecified atom stereocenters. The van der Waals surface area contributed by atoms with Crippen molar-refractivity contribution in [3.05, 3.63) is 112 Å². The average Bonchev–Trinajstić information content (AvgIpc) is 2.88. The van der Waals surface area contributed by atoms with Gasteiger partial charge in [0.15, 0.2) is 0 Å². The third kappa shape index (κ3) is 4.61. The van der Waals surface area contributed by atoms with Gasteiger partial charge in [0.05, 0.1) is 11.6 Å². The molecule has 5 rings (SSSR count). The molecule has 35 heavy (non-hydrogen) atoms. The van der Waals surface area contributed by atoms with Crippen LogP contribution in [0.25, 0.3) is 0 Å². The monoisotopic (exact) mass is 463 g/mol. The molecule has 8 heteroatoms. The summed E-state index contributed by atoms with van der Waals surface area (Å²) in [5, 5.41) is 15.4. The molecule has 3 aromatic carbocycles. The van der Waals surface area contributed by atoms with Gasteiger partial charge in [-0.15, -0.1) is 0 Å². The number of nitrogens with one attached hydrogen (secondary N) is 3. The van der Waals surface area contributed by atoms with Gasteiger partial charge >= 0.3 is 0 Å². The van der Waals surface area contributed by atoms with Gasteiger partial charge in [0.25, 0.3) is 5.56 Å². The van der Waals surface area contributed by atoms with Crippen LogP contribution in [-0.2, 0) is 11.4 Å². The van der Waals surface area contributed by atoms with Gasteiger partial charge in [0, 0.05) is 11.6 Å². The first kappa shape index (κ1) is 21.9. The van der Waals surface area contributed by atoms with Gasteiger partial charge in [-0.05, 0) is 35.4 Å². The van der Waals surface area contributed by atoms with Crippen molar-refractivity contribution in [1.29, 1.82) is 5.26 Å². The Labute approximate surface area is 201 Å². The number of aromatic amines is 1. The van der Waals surface area contributed by atoms with Crippen LogP contribution in [0.2, 0.25) is 0 Å². The second kappa shape index (κ2) is 9.53. The average molecular weight is 463 g/mol. The molecule has 0 saturated carbocycles. The molecule has 0 bridgehead atoms. The van der Waals surface area contributed by atoms with E-state index in [1.54, 1.807) is 24.3 Å². The van der Waals surface area contributed by atoms with Crippen molar-refractivity contribution < 1.29 is 9.53 Å². The van der Waals surface area contributed by atoms with Gasteiger partial charge in [-0.2, -0.15) is 10.2 Å². The minimum atomic E-state index is -1.07. The minimum Gasteiger partial charge on any atom is -0.489 e. The summed E-state index contributed by atoms with van der Waals surface area (Å²) in [6, 6.07) is 28.1. The van der Waals surface area contributed by atoms with E-state index >= 15 is 0 Å². The molecule has 0 saturated heterocycles. The topological polar surface area (TPSA) is 120 Å². The predicted molar refractivity (Wildman–Crippen MR) is 131 cm³/mol. The first-order valence-electron chi connectivity index (χ1n) is 11.1. The van der Waals surface area contributed by atoms with E-state index in [0.717, 1.165) is 11.3 Å². The number of carbonyl (C=O) groups is 1. The van der Waals surface area contributed by atoms with Gasteiger partial charge in [0.2, 0.25) is 11.9 Å². The van der Waals surface area contributed by atoms with Gasteiger partial charge in [0.1, 0.15) is 24.1 Å². The minimum absolute atomic E-state index is 0.137. The maximum atomic E-state index is 13.1. The lowest BCUT2D eigenvalue weighted by atomic mass is 9.79. The van der Waals surface area contributed by atoms with Crippen molar-refractivity contribution in [3.8, 4) is 11.8 Å². The molecule has 1 amide bonds. The van der Waals surface area contributed by atoms with E-state index in [4.69, 9.17) is 4.74 Å². The lowest BCUT2D eigenvalue weighted by Gasteiger charge is -2.28. The lowest BCUT2D eigenvalue weighted by Crippen LogP contribution is -2.38. The van der Waals surface area contributed by atoms with Crippen LogP contribution in [0.1, 0.15) is 22.6 Å². The number of hydrogen-bond donors (Lipinski definition) is 3. The van der Waals surface area contributed by atoms with Gasteiger partial charge in [-0.3, -0.25) is 14.6 Å². The number of nitriles is 1. The van der Waals surface area contributed by atoms with Gasteiger partial charge in [-0.1, -0.05) is 60.7 Å². The van der Waals surface area contributed by atoms with E-state index in [2.05, 4.69) is 20.6 Å². The van der Waals surface area contributed by atoms with E-state index in [1.807, 2.05) is 66.7 Å². The second-order valence-electron chi connectivity index (χ2n) is 8.08. The summed E-state index contributed by atoms with van der Waals surface area (Å²) in [6.45, 7) is 0.413. The van der Waals surface area contributed by atoms with E-state index in [9.17, 15) is 14.9 Å². The van der Waals surface area contributed by atoms with Crippen molar-refractivity contribution in [3.63, 3.8) is 0 Å². The zero-order chi connectivity index (χ0) is 24.2. The summed E-state index contributed by atoms with van der Waals surface area (Å²) in [7, 11) is 0. The summed E-state index contributed by atoms with van der Waals surface area (Å²) in [5.41, 5.74) is 2.23. The Morgan fingerprint density at radius 3 is 2.31 bits per heavy atom. The van der Waals surface area contributed by atoms with Crippen molar-refractivity contribution in [2.45, 2.75) is 12.5 Å². The first-order chi connectivity index (χ1) is 17.1. The maximum Gasteiger partial charge on any atom is 0.258 e. The first-order valence-corrected chi connectivity index (χ1v) is 11.1. The molecule has 2 heterocycles. The third-order valence-electron chi connectivity index (χ3n) is 5.79. The molecule has 2 atom stereocenters. The molecule has 172 valence electrons. The highest BCUT2D eigenvalue weighted by molar-refractivity contribution is 5.98. The van der Waals surface area contributed by atoms with Crippen molar-refractivity contribution >= 4 is 23.4 Å². The summed E-state index contributed by atoms with van der Waals surface area (Å²) in [4.78, 5) is 33.0. The fraction of sp³-hybridized carbons (Fsp3) is 0.111. The van der Waals surface area contributed by atoms with E-state index in [1.165, 1.54) is 0 Å². The standard InChI is InChI=1S/C27H21N5O3/c28-15-21-22(18-11-13-20(14-12-18)35-16-17-7-3-1-4-8-17)23-24(30-25(21)33)31-27(32-26(23)34)29-19-9-5-2-6-10-19/h1-14,21-22H,16H2,(H3,29,30,31,32,33,34)/t21-,22+/m0/s1. The zero-order valence-corrected chi connectivity index (χ0v) is 18.6. The Bertz CT molecular complexity index is 1440. The molecule has 8 nitrogen and oxygen atoms in total. The van der Waals surface area contributed by atoms with Gasteiger partial charge < -0.3 is 15.4 Å². The summed E-state index contributed by atoms with van der Waals surface area (Å²) < 4.78 is 5.84. The summed E-state index contributed by atoms with van der Waals surface area (Å²) in [6.07, 6.45) is 0. The number of carbonyl (C=O) groups excluding carboxylic acids is 1. The second-order valence-corrected chi connectivity index (χ2v) is 8.08. The Morgan fingerprint density at radius 1 is 0.943 bits per heavy atom. The number of nitrogens with zero attached hydrogens (tertiary/aromatic N) is 2. The smallest absolute Gasteiger partial charge is 0.258 e. The molecular formula is C27H21N5O3. The Hall–Kier alpha value is -4.90. The molecule has 4 aromatic rings. The van der Waals surface area contributed by atoms with Crippen LogP contribution in [0.15, 0.2) is 89.7 Å². The number of ether oxygens (including phenoxy) is 1. The van der Waals surface area contributed by atoms with Crippen LogP contribution in [0.5, 0.6) is 5.75 Å². The fourth-order valence-electron chi connectivity index (χ4n) is 4.10. The largest absolute Gasteiger partial charge is 0.489 e.